The van der Waals surface area contributed by atoms with E-state index < -0.39 is 11.0 Å². The van der Waals surface area contributed by atoms with Crippen molar-refractivity contribution in [3.8, 4) is 0 Å². The molecule has 28 heavy (non-hydrogen) atoms. The molecule has 1 atom stereocenters. The summed E-state index contributed by atoms with van der Waals surface area (Å²) in [7, 11) is 0. The first-order valence-corrected chi connectivity index (χ1v) is 9.59. The lowest BCUT2D eigenvalue weighted by Crippen LogP contribution is -2.27. The number of nitrogens with zero attached hydrogens (tertiary/aromatic N) is 2. The van der Waals surface area contributed by atoms with Crippen molar-refractivity contribution in [1.29, 1.82) is 0 Å². The second-order valence-electron chi connectivity index (χ2n) is 6.20. The fraction of sp³-hybridized carbons (Fsp3) is 0.263. The molecule has 0 aliphatic heterocycles. The summed E-state index contributed by atoms with van der Waals surface area (Å²) in [6, 6.07) is 11.4. The summed E-state index contributed by atoms with van der Waals surface area (Å²) in [6.45, 7) is 0.252. The Bertz CT molecular complexity index is 925. The minimum atomic E-state index is -0.791. The molecule has 0 radical (unpaired) electrons. The lowest BCUT2D eigenvalue weighted by Gasteiger charge is -2.15. The van der Waals surface area contributed by atoms with Crippen molar-refractivity contribution in [2.24, 2.45) is 5.73 Å². The maximum absolute atomic E-state index is 12.7. The Morgan fingerprint density at radius 3 is 2.79 bits per heavy atom. The minimum absolute atomic E-state index is 0.0628. The molecular formula is C19H20N4O4S. The standard InChI is InChI=1S/C19H20N4O4S/c20-11-16(14-5-3-13(4-6-14)2-1-9-27-23(25)26)19(24)22-18-10-15-7-8-21-12-17(15)28-18/h3-8,10,12,16H,1-2,9,11,20H2,(H,22,24). The number of aryl methyl sites for hydroxylation is 1. The number of nitrogens with one attached hydrogen (secondary N) is 1. The van der Waals surface area contributed by atoms with Crippen LogP contribution in [0.2, 0.25) is 0 Å². The molecule has 0 aliphatic carbocycles. The number of pyridine rings is 1. The van der Waals surface area contributed by atoms with Crippen LogP contribution in [0.3, 0.4) is 0 Å². The van der Waals surface area contributed by atoms with E-state index in [0.717, 1.165) is 26.2 Å². The zero-order valence-electron chi connectivity index (χ0n) is 15.0. The number of fused-ring (bicyclic) bond motifs is 1. The van der Waals surface area contributed by atoms with Crippen molar-refractivity contribution in [1.82, 2.24) is 4.98 Å². The number of hydrogen-bond donors (Lipinski definition) is 2. The summed E-state index contributed by atoms with van der Waals surface area (Å²) in [6.07, 6.45) is 4.69. The highest BCUT2D eigenvalue weighted by Gasteiger charge is 2.20. The summed E-state index contributed by atoms with van der Waals surface area (Å²) >= 11 is 1.47. The topological polar surface area (TPSA) is 120 Å². The van der Waals surface area contributed by atoms with Crippen molar-refractivity contribution >= 4 is 32.3 Å². The van der Waals surface area contributed by atoms with Gasteiger partial charge >= 0.3 is 0 Å². The Morgan fingerprint density at radius 1 is 1.32 bits per heavy atom. The maximum atomic E-state index is 12.7. The Morgan fingerprint density at radius 2 is 2.11 bits per heavy atom. The number of benzene rings is 1. The molecular weight excluding hydrogens is 380 g/mol. The molecule has 2 heterocycles. The smallest absolute Gasteiger partial charge is 0.294 e. The SMILES string of the molecule is NCC(C(=O)Nc1cc2ccncc2s1)c1ccc(CCCO[N+](=O)[O-])cc1. The summed E-state index contributed by atoms with van der Waals surface area (Å²) < 4.78 is 1.01. The molecule has 0 aliphatic rings. The van der Waals surface area contributed by atoms with E-state index in [9.17, 15) is 14.9 Å². The Hall–Kier alpha value is -3.04. The Balaban J connectivity index is 1.61. The molecule has 1 amide bonds. The molecule has 0 spiro atoms. The van der Waals surface area contributed by atoms with Gasteiger partial charge in [0.15, 0.2) is 0 Å². The molecule has 0 fully saturated rings. The third-order valence-electron chi connectivity index (χ3n) is 4.31. The first-order valence-electron chi connectivity index (χ1n) is 8.77. The van der Waals surface area contributed by atoms with Crippen molar-refractivity contribution in [3.63, 3.8) is 0 Å². The predicted octanol–water partition coefficient (Wildman–Crippen LogP) is 3.12. The fourth-order valence-electron chi connectivity index (χ4n) is 2.88. The van der Waals surface area contributed by atoms with E-state index in [0.29, 0.717) is 12.8 Å². The van der Waals surface area contributed by atoms with E-state index in [1.165, 1.54) is 11.3 Å². The molecule has 1 unspecified atom stereocenters. The van der Waals surface area contributed by atoms with Crippen molar-refractivity contribution in [2.45, 2.75) is 18.8 Å². The summed E-state index contributed by atoms with van der Waals surface area (Å²) in [5, 5.41) is 14.1. The molecule has 9 heteroatoms. The first kappa shape index (κ1) is 19.7. The molecule has 1 aromatic carbocycles. The fourth-order valence-corrected chi connectivity index (χ4v) is 3.81. The van der Waals surface area contributed by atoms with Gasteiger partial charge in [0.2, 0.25) is 5.91 Å². The number of amides is 1. The lowest BCUT2D eigenvalue weighted by molar-refractivity contribution is -0.757. The Kier molecular flexibility index (Phi) is 6.51. The predicted molar refractivity (Wildman–Crippen MR) is 108 cm³/mol. The highest BCUT2D eigenvalue weighted by atomic mass is 32.1. The normalized spacial score (nSPS) is 11.9. The number of rotatable bonds is 9. The monoisotopic (exact) mass is 400 g/mol. The quantitative estimate of drug-likeness (QED) is 0.323. The van der Waals surface area contributed by atoms with Gasteiger partial charge in [0, 0.05) is 18.9 Å². The summed E-state index contributed by atoms with van der Waals surface area (Å²) in [5.74, 6) is -0.621. The van der Waals surface area contributed by atoms with Crippen LogP contribution in [-0.4, -0.2) is 29.1 Å². The number of thiophene rings is 1. The molecule has 0 saturated carbocycles. The molecule has 0 bridgehead atoms. The Labute approximate surface area is 165 Å². The van der Waals surface area contributed by atoms with Crippen LogP contribution in [0.25, 0.3) is 10.1 Å². The van der Waals surface area contributed by atoms with E-state index in [1.807, 2.05) is 36.4 Å². The van der Waals surface area contributed by atoms with Crippen LogP contribution in [0, 0.1) is 10.1 Å². The second kappa shape index (κ2) is 9.25. The number of hydrogen-bond acceptors (Lipinski definition) is 7. The van der Waals surface area contributed by atoms with Gasteiger partial charge in [-0.3, -0.25) is 9.78 Å². The van der Waals surface area contributed by atoms with Crippen molar-refractivity contribution in [2.75, 3.05) is 18.5 Å². The third kappa shape index (κ3) is 5.02. The van der Waals surface area contributed by atoms with Gasteiger partial charge < -0.3 is 15.9 Å². The van der Waals surface area contributed by atoms with Gasteiger partial charge in [-0.1, -0.05) is 24.3 Å². The van der Waals surface area contributed by atoms with Crippen LogP contribution in [-0.2, 0) is 16.1 Å². The first-order chi connectivity index (χ1) is 13.6. The highest BCUT2D eigenvalue weighted by molar-refractivity contribution is 7.22. The molecule has 3 rings (SSSR count). The average molecular weight is 400 g/mol. The zero-order chi connectivity index (χ0) is 19.9. The van der Waals surface area contributed by atoms with Crippen LogP contribution in [0.15, 0.2) is 48.8 Å². The number of anilines is 1. The van der Waals surface area contributed by atoms with Crippen molar-refractivity contribution in [3.05, 3.63) is 70.0 Å². The maximum Gasteiger partial charge on any atom is 0.294 e. The molecule has 0 saturated heterocycles. The van der Waals surface area contributed by atoms with E-state index in [2.05, 4.69) is 15.1 Å². The minimum Gasteiger partial charge on any atom is -0.329 e. The number of nitrogens with two attached hydrogens (primary N) is 1. The van der Waals surface area contributed by atoms with Crippen LogP contribution < -0.4 is 11.1 Å². The highest BCUT2D eigenvalue weighted by Crippen LogP contribution is 2.29. The van der Waals surface area contributed by atoms with Gasteiger partial charge in [0.25, 0.3) is 5.09 Å². The summed E-state index contributed by atoms with van der Waals surface area (Å²) in [5.41, 5.74) is 7.70. The summed E-state index contributed by atoms with van der Waals surface area (Å²) in [4.78, 5) is 31.2. The third-order valence-corrected chi connectivity index (χ3v) is 5.31. The van der Waals surface area contributed by atoms with E-state index in [-0.39, 0.29) is 19.1 Å². The van der Waals surface area contributed by atoms with E-state index in [4.69, 9.17) is 5.73 Å². The molecule has 3 N–H and O–H groups in total. The average Bonchev–Trinajstić information content (AvgIpc) is 3.09. The van der Waals surface area contributed by atoms with Crippen molar-refractivity contribution < 1.29 is 14.7 Å². The largest absolute Gasteiger partial charge is 0.329 e. The van der Waals surface area contributed by atoms with Crippen LogP contribution in [0.1, 0.15) is 23.5 Å². The van der Waals surface area contributed by atoms with Crippen LogP contribution in [0.5, 0.6) is 0 Å². The van der Waals surface area contributed by atoms with Crippen LogP contribution in [0.4, 0.5) is 5.00 Å². The molecule has 146 valence electrons. The number of carbonyl (C=O) groups is 1. The van der Waals surface area contributed by atoms with Crippen LogP contribution >= 0.6 is 11.3 Å². The zero-order valence-corrected chi connectivity index (χ0v) is 15.9. The molecule has 3 aromatic rings. The molecule has 8 nitrogen and oxygen atoms in total. The van der Waals surface area contributed by atoms with Gasteiger partial charge in [-0.05, 0) is 41.5 Å². The van der Waals surface area contributed by atoms with E-state index in [1.54, 1.807) is 12.4 Å². The number of carbonyl (C=O) groups excluding carboxylic acids is 1. The van der Waals surface area contributed by atoms with Gasteiger partial charge in [0.05, 0.1) is 22.2 Å². The number of aromatic nitrogens is 1. The molecule has 2 aromatic heterocycles. The van der Waals surface area contributed by atoms with Gasteiger partial charge in [0.1, 0.15) is 0 Å². The second-order valence-corrected chi connectivity index (χ2v) is 7.29. The van der Waals surface area contributed by atoms with Gasteiger partial charge in [-0.2, -0.15) is 0 Å². The van der Waals surface area contributed by atoms with Gasteiger partial charge in [-0.15, -0.1) is 21.5 Å². The lowest BCUT2D eigenvalue weighted by atomic mass is 9.96. The van der Waals surface area contributed by atoms with E-state index >= 15 is 0 Å². The van der Waals surface area contributed by atoms with Gasteiger partial charge in [-0.25, -0.2) is 0 Å².